The molecule has 0 saturated carbocycles. The molecule has 5 aromatic rings. The molecular formula is C26H19N3O2. The van der Waals surface area contributed by atoms with Crippen molar-refractivity contribution < 1.29 is 9.53 Å². The van der Waals surface area contributed by atoms with Gasteiger partial charge in [-0.15, -0.1) is 0 Å². The highest BCUT2D eigenvalue weighted by atomic mass is 16.5. The van der Waals surface area contributed by atoms with Crippen LogP contribution in [0, 0.1) is 0 Å². The zero-order valence-electron chi connectivity index (χ0n) is 16.6. The molecule has 1 N–H and O–H groups in total. The fourth-order valence-electron chi connectivity index (χ4n) is 3.30. The summed E-state index contributed by atoms with van der Waals surface area (Å²) < 4.78 is 7.75. The lowest BCUT2D eigenvalue weighted by Gasteiger charge is -2.08. The standard InChI is InChI=1S/C26H19N3O2/c30-26(20-11-15-23(16-12-20)31-22-6-2-1-3-7-22)27-21-13-9-19(10-14-21)24-18-29-17-5-4-8-25(29)28-24/h1-18H,(H,27,30). The summed E-state index contributed by atoms with van der Waals surface area (Å²) in [6.07, 6.45) is 3.96. The number of imidazole rings is 1. The number of carbonyl (C=O) groups excluding carboxylic acids is 1. The van der Waals surface area contributed by atoms with Crippen LogP contribution in [0.15, 0.2) is 109 Å². The molecule has 0 aliphatic rings. The molecule has 0 aliphatic heterocycles. The molecule has 0 spiro atoms. The van der Waals surface area contributed by atoms with E-state index in [4.69, 9.17) is 4.74 Å². The molecule has 3 aromatic carbocycles. The maximum Gasteiger partial charge on any atom is 0.255 e. The Morgan fingerprint density at radius 1 is 0.774 bits per heavy atom. The van der Waals surface area contributed by atoms with Crippen LogP contribution in [0.2, 0.25) is 0 Å². The third-order valence-electron chi connectivity index (χ3n) is 4.90. The van der Waals surface area contributed by atoms with Crippen molar-refractivity contribution in [2.45, 2.75) is 0 Å². The number of hydrogen-bond donors (Lipinski definition) is 1. The average molecular weight is 405 g/mol. The highest BCUT2D eigenvalue weighted by Crippen LogP contribution is 2.23. The summed E-state index contributed by atoms with van der Waals surface area (Å²) in [6, 6.07) is 30.2. The SMILES string of the molecule is O=C(Nc1ccc(-c2cn3ccccc3n2)cc1)c1ccc(Oc2ccccc2)cc1. The van der Waals surface area contributed by atoms with E-state index in [0.29, 0.717) is 11.3 Å². The third kappa shape index (κ3) is 4.16. The van der Waals surface area contributed by atoms with Gasteiger partial charge in [0.1, 0.15) is 17.1 Å². The minimum atomic E-state index is -0.174. The Labute approximate surface area is 179 Å². The Morgan fingerprint density at radius 2 is 1.48 bits per heavy atom. The van der Waals surface area contributed by atoms with Crippen LogP contribution < -0.4 is 10.1 Å². The summed E-state index contributed by atoms with van der Waals surface area (Å²) in [5, 5.41) is 2.93. The molecule has 5 heteroatoms. The Kier molecular flexibility index (Phi) is 4.91. The summed E-state index contributed by atoms with van der Waals surface area (Å²) >= 11 is 0. The molecule has 0 saturated heterocycles. The van der Waals surface area contributed by atoms with Gasteiger partial charge < -0.3 is 14.5 Å². The van der Waals surface area contributed by atoms with E-state index >= 15 is 0 Å². The number of benzene rings is 3. The fraction of sp³-hybridized carbons (Fsp3) is 0. The van der Waals surface area contributed by atoms with Gasteiger partial charge in [0.05, 0.1) is 5.69 Å². The summed E-state index contributed by atoms with van der Waals surface area (Å²) in [7, 11) is 0. The third-order valence-corrected chi connectivity index (χ3v) is 4.90. The van der Waals surface area contributed by atoms with E-state index in [2.05, 4.69) is 10.3 Å². The smallest absolute Gasteiger partial charge is 0.255 e. The predicted molar refractivity (Wildman–Crippen MR) is 122 cm³/mol. The zero-order valence-corrected chi connectivity index (χ0v) is 16.6. The van der Waals surface area contributed by atoms with Crippen LogP contribution in [0.5, 0.6) is 11.5 Å². The second-order valence-electron chi connectivity index (χ2n) is 7.06. The minimum absolute atomic E-state index is 0.174. The fourth-order valence-corrected chi connectivity index (χ4v) is 3.30. The van der Waals surface area contributed by atoms with E-state index in [1.54, 1.807) is 24.3 Å². The molecular weight excluding hydrogens is 386 g/mol. The Hall–Kier alpha value is -4.38. The van der Waals surface area contributed by atoms with E-state index in [1.807, 2.05) is 89.6 Å². The number of ether oxygens (including phenoxy) is 1. The molecule has 5 nitrogen and oxygen atoms in total. The monoisotopic (exact) mass is 405 g/mol. The Bertz CT molecular complexity index is 1290. The lowest BCUT2D eigenvalue weighted by Crippen LogP contribution is -2.11. The number of para-hydroxylation sites is 1. The first kappa shape index (κ1) is 18.6. The molecule has 0 bridgehead atoms. The van der Waals surface area contributed by atoms with E-state index in [9.17, 15) is 4.79 Å². The van der Waals surface area contributed by atoms with Crippen molar-refractivity contribution in [2.24, 2.45) is 0 Å². The van der Waals surface area contributed by atoms with Crippen molar-refractivity contribution in [1.29, 1.82) is 0 Å². The number of anilines is 1. The van der Waals surface area contributed by atoms with Crippen LogP contribution in [0.4, 0.5) is 5.69 Å². The van der Waals surface area contributed by atoms with E-state index in [1.165, 1.54) is 0 Å². The van der Waals surface area contributed by atoms with E-state index < -0.39 is 0 Å². The van der Waals surface area contributed by atoms with Gasteiger partial charge in [0, 0.05) is 29.2 Å². The van der Waals surface area contributed by atoms with Crippen molar-refractivity contribution in [3.63, 3.8) is 0 Å². The normalized spacial score (nSPS) is 10.7. The average Bonchev–Trinajstić information content (AvgIpc) is 3.25. The van der Waals surface area contributed by atoms with Crippen LogP contribution >= 0.6 is 0 Å². The lowest BCUT2D eigenvalue weighted by molar-refractivity contribution is 0.102. The van der Waals surface area contributed by atoms with Crippen molar-refractivity contribution in [2.75, 3.05) is 5.32 Å². The van der Waals surface area contributed by atoms with Gasteiger partial charge in [-0.3, -0.25) is 4.79 Å². The van der Waals surface area contributed by atoms with E-state index in [-0.39, 0.29) is 5.91 Å². The zero-order chi connectivity index (χ0) is 21.0. The summed E-state index contributed by atoms with van der Waals surface area (Å²) in [5.74, 6) is 1.26. The van der Waals surface area contributed by atoms with Gasteiger partial charge in [0.15, 0.2) is 0 Å². The number of hydrogen-bond acceptors (Lipinski definition) is 3. The molecule has 0 atom stereocenters. The van der Waals surface area contributed by atoms with Gasteiger partial charge in [-0.2, -0.15) is 0 Å². The van der Waals surface area contributed by atoms with Gasteiger partial charge in [-0.25, -0.2) is 4.98 Å². The maximum absolute atomic E-state index is 12.6. The van der Waals surface area contributed by atoms with Gasteiger partial charge >= 0.3 is 0 Å². The Balaban J connectivity index is 1.26. The molecule has 1 amide bonds. The molecule has 0 radical (unpaired) electrons. The summed E-state index contributed by atoms with van der Waals surface area (Å²) in [6.45, 7) is 0. The van der Waals surface area contributed by atoms with Crippen LogP contribution in [0.3, 0.4) is 0 Å². The molecule has 0 fully saturated rings. The van der Waals surface area contributed by atoms with Gasteiger partial charge in [0.2, 0.25) is 0 Å². The second-order valence-corrected chi connectivity index (χ2v) is 7.06. The van der Waals surface area contributed by atoms with E-state index in [0.717, 1.165) is 28.3 Å². The van der Waals surface area contributed by atoms with Crippen LogP contribution in [-0.2, 0) is 0 Å². The number of nitrogens with one attached hydrogen (secondary N) is 1. The summed E-state index contributed by atoms with van der Waals surface area (Å²) in [4.78, 5) is 17.2. The number of nitrogens with zero attached hydrogens (tertiary/aromatic N) is 2. The first-order valence-electron chi connectivity index (χ1n) is 9.93. The number of aromatic nitrogens is 2. The molecule has 150 valence electrons. The van der Waals surface area contributed by atoms with Gasteiger partial charge in [0.25, 0.3) is 5.91 Å². The predicted octanol–water partition coefficient (Wildman–Crippen LogP) is 6.05. The van der Waals surface area contributed by atoms with Crippen molar-refractivity contribution in [3.05, 3.63) is 115 Å². The topological polar surface area (TPSA) is 55.6 Å². The largest absolute Gasteiger partial charge is 0.457 e. The Morgan fingerprint density at radius 3 is 2.23 bits per heavy atom. The molecule has 31 heavy (non-hydrogen) atoms. The molecule has 2 aromatic heterocycles. The van der Waals surface area contributed by atoms with Crippen molar-refractivity contribution >= 4 is 17.2 Å². The highest BCUT2D eigenvalue weighted by molar-refractivity contribution is 6.04. The maximum atomic E-state index is 12.6. The molecule has 0 unspecified atom stereocenters. The number of rotatable bonds is 5. The number of carbonyl (C=O) groups is 1. The second kappa shape index (κ2) is 8.16. The van der Waals surface area contributed by atoms with Crippen LogP contribution in [0.1, 0.15) is 10.4 Å². The number of pyridine rings is 1. The van der Waals surface area contributed by atoms with Crippen molar-refractivity contribution in [3.8, 4) is 22.8 Å². The highest BCUT2D eigenvalue weighted by Gasteiger charge is 2.08. The number of amides is 1. The van der Waals surface area contributed by atoms with Crippen LogP contribution in [0.25, 0.3) is 16.9 Å². The first-order valence-corrected chi connectivity index (χ1v) is 9.93. The molecule has 2 heterocycles. The minimum Gasteiger partial charge on any atom is -0.457 e. The van der Waals surface area contributed by atoms with Crippen molar-refractivity contribution in [1.82, 2.24) is 9.38 Å². The summed E-state index contributed by atoms with van der Waals surface area (Å²) in [5.41, 5.74) is 4.06. The molecule has 0 aliphatic carbocycles. The van der Waals surface area contributed by atoms with Gasteiger partial charge in [-0.05, 0) is 60.7 Å². The first-order chi connectivity index (χ1) is 15.2. The molecule has 5 rings (SSSR count). The quantitative estimate of drug-likeness (QED) is 0.387. The van der Waals surface area contributed by atoms with Gasteiger partial charge in [-0.1, -0.05) is 36.4 Å². The lowest BCUT2D eigenvalue weighted by atomic mass is 10.1. The van der Waals surface area contributed by atoms with Crippen LogP contribution in [-0.4, -0.2) is 15.3 Å². The number of fused-ring (bicyclic) bond motifs is 1.